The van der Waals surface area contributed by atoms with E-state index in [0.717, 1.165) is 16.6 Å². The lowest BCUT2D eigenvalue weighted by Gasteiger charge is -2.05. The standard InChI is InChI=1S/C13H16N2O2/c1-2-17-8-6-13(16)15-11-3-4-12-10(9-11)5-7-14-12/h3-5,7,9,14H,2,6,8H2,1H3,(H,15,16). The SMILES string of the molecule is CCOCCC(=O)Nc1ccc2[nH]ccc2c1. The zero-order valence-corrected chi connectivity index (χ0v) is 9.82. The normalized spacial score (nSPS) is 10.6. The van der Waals surface area contributed by atoms with Crippen LogP contribution in [0.5, 0.6) is 0 Å². The molecule has 1 heterocycles. The fourth-order valence-corrected chi connectivity index (χ4v) is 1.66. The van der Waals surface area contributed by atoms with Gasteiger partial charge in [-0.25, -0.2) is 0 Å². The molecule has 0 atom stereocenters. The number of nitrogens with one attached hydrogen (secondary N) is 2. The van der Waals surface area contributed by atoms with Gasteiger partial charge >= 0.3 is 0 Å². The number of hydrogen-bond acceptors (Lipinski definition) is 2. The van der Waals surface area contributed by atoms with Crippen LogP contribution in [0, 0.1) is 0 Å². The monoisotopic (exact) mass is 232 g/mol. The van der Waals surface area contributed by atoms with Crippen molar-refractivity contribution in [2.24, 2.45) is 0 Å². The van der Waals surface area contributed by atoms with E-state index in [0.29, 0.717) is 19.6 Å². The van der Waals surface area contributed by atoms with Gasteiger partial charge in [0.25, 0.3) is 0 Å². The molecule has 4 heteroatoms. The van der Waals surface area contributed by atoms with Crippen LogP contribution < -0.4 is 5.32 Å². The number of benzene rings is 1. The molecule has 90 valence electrons. The molecule has 2 N–H and O–H groups in total. The van der Waals surface area contributed by atoms with Gasteiger partial charge in [0, 0.05) is 29.4 Å². The molecular formula is C13H16N2O2. The van der Waals surface area contributed by atoms with Gasteiger partial charge in [0.2, 0.25) is 5.91 Å². The molecule has 4 nitrogen and oxygen atoms in total. The number of aromatic amines is 1. The average molecular weight is 232 g/mol. The van der Waals surface area contributed by atoms with Crippen LogP contribution in [-0.2, 0) is 9.53 Å². The number of aromatic nitrogens is 1. The van der Waals surface area contributed by atoms with E-state index in [1.54, 1.807) is 0 Å². The largest absolute Gasteiger partial charge is 0.381 e. The highest BCUT2D eigenvalue weighted by atomic mass is 16.5. The second-order valence-corrected chi connectivity index (χ2v) is 3.77. The molecule has 2 aromatic rings. The second kappa shape index (κ2) is 5.50. The van der Waals surface area contributed by atoms with Crippen LogP contribution in [-0.4, -0.2) is 24.1 Å². The molecule has 0 aliphatic carbocycles. The van der Waals surface area contributed by atoms with E-state index >= 15 is 0 Å². The first-order valence-electron chi connectivity index (χ1n) is 5.74. The molecule has 2 rings (SSSR count). The third-order valence-electron chi connectivity index (χ3n) is 2.51. The molecule has 1 aromatic carbocycles. The van der Waals surface area contributed by atoms with Crippen LogP contribution >= 0.6 is 0 Å². The Morgan fingerprint density at radius 3 is 3.12 bits per heavy atom. The lowest BCUT2D eigenvalue weighted by atomic mass is 10.2. The molecular weight excluding hydrogens is 216 g/mol. The Kier molecular flexibility index (Phi) is 3.77. The van der Waals surface area contributed by atoms with Gasteiger partial charge in [-0.15, -0.1) is 0 Å². The predicted molar refractivity (Wildman–Crippen MR) is 68.0 cm³/mol. The number of ether oxygens (including phenoxy) is 1. The Labute approximate surface area is 100.0 Å². The van der Waals surface area contributed by atoms with E-state index < -0.39 is 0 Å². The molecule has 0 aliphatic heterocycles. The van der Waals surface area contributed by atoms with Crippen molar-refractivity contribution in [1.82, 2.24) is 4.98 Å². The van der Waals surface area contributed by atoms with Crippen molar-refractivity contribution in [2.45, 2.75) is 13.3 Å². The van der Waals surface area contributed by atoms with Crippen LogP contribution in [0.4, 0.5) is 5.69 Å². The number of carbonyl (C=O) groups is 1. The quantitative estimate of drug-likeness (QED) is 0.778. The summed E-state index contributed by atoms with van der Waals surface area (Å²) in [5.74, 6) is -0.0201. The van der Waals surface area contributed by atoms with Crippen molar-refractivity contribution in [1.29, 1.82) is 0 Å². The molecule has 0 spiro atoms. The Morgan fingerprint density at radius 2 is 2.29 bits per heavy atom. The summed E-state index contributed by atoms with van der Waals surface area (Å²) in [7, 11) is 0. The van der Waals surface area contributed by atoms with E-state index in [1.165, 1.54) is 0 Å². The summed E-state index contributed by atoms with van der Waals surface area (Å²) in [4.78, 5) is 14.7. The van der Waals surface area contributed by atoms with Crippen molar-refractivity contribution >= 4 is 22.5 Å². The predicted octanol–water partition coefficient (Wildman–Crippen LogP) is 2.53. The number of anilines is 1. The Balaban J connectivity index is 1.95. The second-order valence-electron chi connectivity index (χ2n) is 3.77. The number of H-pyrrole nitrogens is 1. The number of hydrogen-bond donors (Lipinski definition) is 2. The molecule has 0 aliphatic rings. The summed E-state index contributed by atoms with van der Waals surface area (Å²) in [5.41, 5.74) is 1.89. The van der Waals surface area contributed by atoms with Gasteiger partial charge in [-0.05, 0) is 31.2 Å². The van der Waals surface area contributed by atoms with Crippen LogP contribution in [0.2, 0.25) is 0 Å². The first-order chi connectivity index (χ1) is 8.29. The number of rotatable bonds is 5. The van der Waals surface area contributed by atoms with Crippen molar-refractivity contribution in [3.05, 3.63) is 30.5 Å². The topological polar surface area (TPSA) is 54.1 Å². The van der Waals surface area contributed by atoms with Crippen LogP contribution in [0.25, 0.3) is 10.9 Å². The zero-order chi connectivity index (χ0) is 12.1. The Bertz CT molecular complexity index is 505. The average Bonchev–Trinajstić information content (AvgIpc) is 2.76. The number of amides is 1. The fraction of sp³-hybridized carbons (Fsp3) is 0.308. The number of carbonyl (C=O) groups excluding carboxylic acids is 1. The third-order valence-corrected chi connectivity index (χ3v) is 2.51. The van der Waals surface area contributed by atoms with Crippen LogP contribution in [0.3, 0.4) is 0 Å². The molecule has 1 amide bonds. The summed E-state index contributed by atoms with van der Waals surface area (Å²) >= 11 is 0. The summed E-state index contributed by atoms with van der Waals surface area (Å²) in [6.07, 6.45) is 2.27. The summed E-state index contributed by atoms with van der Waals surface area (Å²) in [6.45, 7) is 3.02. The van der Waals surface area contributed by atoms with Gasteiger partial charge in [0.05, 0.1) is 13.0 Å². The van der Waals surface area contributed by atoms with E-state index in [1.807, 2.05) is 37.4 Å². The maximum Gasteiger partial charge on any atom is 0.226 e. The van der Waals surface area contributed by atoms with E-state index in [-0.39, 0.29) is 5.91 Å². The van der Waals surface area contributed by atoms with Crippen LogP contribution in [0.1, 0.15) is 13.3 Å². The van der Waals surface area contributed by atoms with E-state index in [9.17, 15) is 4.79 Å². The fourth-order valence-electron chi connectivity index (χ4n) is 1.66. The first kappa shape index (κ1) is 11.7. The minimum atomic E-state index is -0.0201. The van der Waals surface area contributed by atoms with Gasteiger partial charge in [-0.1, -0.05) is 0 Å². The van der Waals surface area contributed by atoms with Gasteiger partial charge < -0.3 is 15.0 Å². The summed E-state index contributed by atoms with van der Waals surface area (Å²) < 4.78 is 5.13. The van der Waals surface area contributed by atoms with Crippen molar-refractivity contribution in [3.63, 3.8) is 0 Å². The van der Waals surface area contributed by atoms with E-state index in [4.69, 9.17) is 4.74 Å². The minimum absolute atomic E-state index is 0.0201. The zero-order valence-electron chi connectivity index (χ0n) is 9.82. The highest BCUT2D eigenvalue weighted by Crippen LogP contribution is 2.17. The molecule has 0 saturated carbocycles. The van der Waals surface area contributed by atoms with Gasteiger partial charge in [0.1, 0.15) is 0 Å². The van der Waals surface area contributed by atoms with Gasteiger partial charge in [-0.2, -0.15) is 0 Å². The third kappa shape index (κ3) is 3.07. The highest BCUT2D eigenvalue weighted by molar-refractivity contribution is 5.93. The minimum Gasteiger partial charge on any atom is -0.381 e. The van der Waals surface area contributed by atoms with Gasteiger partial charge in [-0.3, -0.25) is 4.79 Å². The molecule has 0 saturated heterocycles. The van der Waals surface area contributed by atoms with Gasteiger partial charge in [0.15, 0.2) is 0 Å². The Hall–Kier alpha value is -1.81. The lowest BCUT2D eigenvalue weighted by molar-refractivity contribution is -0.117. The maximum absolute atomic E-state index is 11.6. The molecule has 0 radical (unpaired) electrons. The lowest BCUT2D eigenvalue weighted by Crippen LogP contribution is -2.13. The molecule has 0 unspecified atom stereocenters. The van der Waals surface area contributed by atoms with Crippen molar-refractivity contribution in [3.8, 4) is 0 Å². The molecule has 1 aromatic heterocycles. The Morgan fingerprint density at radius 1 is 1.41 bits per heavy atom. The molecule has 0 bridgehead atoms. The summed E-state index contributed by atoms with van der Waals surface area (Å²) in [5, 5.41) is 3.94. The molecule has 17 heavy (non-hydrogen) atoms. The molecule has 0 fully saturated rings. The van der Waals surface area contributed by atoms with Crippen molar-refractivity contribution in [2.75, 3.05) is 18.5 Å². The first-order valence-corrected chi connectivity index (χ1v) is 5.74. The number of fused-ring (bicyclic) bond motifs is 1. The van der Waals surface area contributed by atoms with E-state index in [2.05, 4.69) is 10.3 Å². The maximum atomic E-state index is 11.6. The van der Waals surface area contributed by atoms with Crippen molar-refractivity contribution < 1.29 is 9.53 Å². The summed E-state index contributed by atoms with van der Waals surface area (Å²) in [6, 6.07) is 7.76. The highest BCUT2D eigenvalue weighted by Gasteiger charge is 2.03. The van der Waals surface area contributed by atoms with Crippen LogP contribution in [0.15, 0.2) is 30.5 Å². The smallest absolute Gasteiger partial charge is 0.226 e.